The molecule has 3 aromatic rings. The molecule has 2 N–H and O–H groups in total. The Morgan fingerprint density at radius 1 is 1.23 bits per heavy atom. The van der Waals surface area contributed by atoms with Crippen molar-refractivity contribution in [2.45, 2.75) is 12.1 Å². The molecule has 1 amide bonds. The smallest absolute Gasteiger partial charge is 0.234 e. The summed E-state index contributed by atoms with van der Waals surface area (Å²) in [6.07, 6.45) is 0. The highest BCUT2D eigenvalue weighted by Crippen LogP contribution is 2.25. The van der Waals surface area contributed by atoms with Crippen LogP contribution in [-0.4, -0.2) is 33.4 Å². The molecule has 0 fully saturated rings. The number of hydrogen-bond acceptors (Lipinski definition) is 5. The van der Waals surface area contributed by atoms with Crippen LogP contribution in [0.2, 0.25) is 0 Å². The molecular formula is C18H17FN4O2S. The Morgan fingerprint density at radius 2 is 2.00 bits per heavy atom. The van der Waals surface area contributed by atoms with Crippen molar-refractivity contribution in [3.63, 3.8) is 0 Å². The number of ether oxygens (including phenoxy) is 1. The van der Waals surface area contributed by atoms with Crippen molar-refractivity contribution >= 4 is 23.4 Å². The average molecular weight is 372 g/mol. The summed E-state index contributed by atoms with van der Waals surface area (Å²) in [5.41, 5.74) is 0.948. The third-order valence-corrected chi connectivity index (χ3v) is 4.23. The van der Waals surface area contributed by atoms with Gasteiger partial charge in [0.05, 0.1) is 23.6 Å². The van der Waals surface area contributed by atoms with Gasteiger partial charge < -0.3 is 10.1 Å². The zero-order chi connectivity index (χ0) is 18.4. The van der Waals surface area contributed by atoms with Gasteiger partial charge in [-0.05, 0) is 31.2 Å². The molecule has 0 saturated carbocycles. The van der Waals surface area contributed by atoms with Gasteiger partial charge in [0.2, 0.25) is 11.1 Å². The Hall–Kier alpha value is -2.87. The first-order valence-electron chi connectivity index (χ1n) is 7.99. The van der Waals surface area contributed by atoms with E-state index in [2.05, 4.69) is 20.5 Å². The number of H-pyrrole nitrogens is 1. The summed E-state index contributed by atoms with van der Waals surface area (Å²) < 4.78 is 19.2. The van der Waals surface area contributed by atoms with Crippen LogP contribution in [0.15, 0.2) is 53.7 Å². The van der Waals surface area contributed by atoms with Gasteiger partial charge in [0.1, 0.15) is 11.6 Å². The molecule has 0 aliphatic heterocycles. The van der Waals surface area contributed by atoms with E-state index in [1.165, 1.54) is 6.07 Å². The second-order valence-electron chi connectivity index (χ2n) is 5.21. The third-order valence-electron chi connectivity index (χ3n) is 3.39. The molecule has 134 valence electrons. The molecule has 0 unspecified atom stereocenters. The summed E-state index contributed by atoms with van der Waals surface area (Å²) in [7, 11) is 0. The first-order chi connectivity index (χ1) is 12.7. The van der Waals surface area contributed by atoms with E-state index in [0.717, 1.165) is 11.8 Å². The number of amides is 1. The lowest BCUT2D eigenvalue weighted by Gasteiger charge is -2.10. The van der Waals surface area contributed by atoms with Crippen molar-refractivity contribution in [2.24, 2.45) is 0 Å². The molecule has 3 rings (SSSR count). The van der Waals surface area contributed by atoms with Crippen LogP contribution in [-0.2, 0) is 4.79 Å². The normalized spacial score (nSPS) is 10.5. The summed E-state index contributed by atoms with van der Waals surface area (Å²) in [6, 6.07) is 13.5. The SMILES string of the molecule is CCOc1ccccc1NC(=O)CSc1n[nH]c(-c2ccccc2F)n1. The van der Waals surface area contributed by atoms with E-state index < -0.39 is 0 Å². The van der Waals surface area contributed by atoms with Gasteiger partial charge in [-0.15, -0.1) is 5.10 Å². The molecule has 0 aliphatic carbocycles. The molecule has 1 aromatic heterocycles. The van der Waals surface area contributed by atoms with Crippen LogP contribution in [0.1, 0.15) is 6.92 Å². The van der Waals surface area contributed by atoms with Crippen LogP contribution < -0.4 is 10.1 Å². The molecule has 0 atom stereocenters. The molecule has 0 aliphatic rings. The molecule has 0 saturated heterocycles. The second-order valence-corrected chi connectivity index (χ2v) is 6.15. The zero-order valence-corrected chi connectivity index (χ0v) is 14.8. The Kier molecular flexibility index (Phi) is 5.85. The van der Waals surface area contributed by atoms with Crippen LogP contribution in [0.4, 0.5) is 10.1 Å². The van der Waals surface area contributed by atoms with Gasteiger partial charge in [0.15, 0.2) is 5.82 Å². The van der Waals surface area contributed by atoms with E-state index in [4.69, 9.17) is 4.74 Å². The topological polar surface area (TPSA) is 79.9 Å². The number of rotatable bonds is 7. The zero-order valence-electron chi connectivity index (χ0n) is 14.0. The second kappa shape index (κ2) is 8.48. The van der Waals surface area contributed by atoms with Crippen molar-refractivity contribution in [1.82, 2.24) is 15.2 Å². The van der Waals surface area contributed by atoms with E-state index in [1.54, 1.807) is 30.3 Å². The molecular weight excluding hydrogens is 355 g/mol. The Labute approximate surface area is 154 Å². The van der Waals surface area contributed by atoms with Crippen molar-refractivity contribution < 1.29 is 13.9 Å². The molecule has 0 spiro atoms. The Bertz CT molecular complexity index is 900. The Morgan fingerprint density at radius 3 is 2.81 bits per heavy atom. The van der Waals surface area contributed by atoms with Gasteiger partial charge in [-0.1, -0.05) is 36.0 Å². The van der Waals surface area contributed by atoms with Gasteiger partial charge >= 0.3 is 0 Å². The monoisotopic (exact) mass is 372 g/mol. The van der Waals surface area contributed by atoms with Crippen LogP contribution in [0.3, 0.4) is 0 Å². The van der Waals surface area contributed by atoms with E-state index in [-0.39, 0.29) is 17.5 Å². The van der Waals surface area contributed by atoms with Crippen LogP contribution in [0.5, 0.6) is 5.75 Å². The standard InChI is InChI=1S/C18H17FN4O2S/c1-2-25-15-10-6-5-9-14(15)20-16(24)11-26-18-21-17(22-23-18)12-7-3-4-8-13(12)19/h3-10H,2,11H2,1H3,(H,20,24)(H,21,22,23). The molecule has 6 nitrogen and oxygen atoms in total. The lowest BCUT2D eigenvalue weighted by molar-refractivity contribution is -0.113. The lowest BCUT2D eigenvalue weighted by atomic mass is 10.2. The van der Waals surface area contributed by atoms with E-state index >= 15 is 0 Å². The number of aromatic amines is 1. The Balaban J connectivity index is 1.60. The molecule has 1 heterocycles. The summed E-state index contributed by atoms with van der Waals surface area (Å²) in [5.74, 6) is 0.473. The largest absolute Gasteiger partial charge is 0.492 e. The van der Waals surface area contributed by atoms with Crippen molar-refractivity contribution in [2.75, 3.05) is 17.7 Å². The van der Waals surface area contributed by atoms with E-state index in [0.29, 0.717) is 34.6 Å². The minimum absolute atomic E-state index is 0.120. The van der Waals surface area contributed by atoms with Crippen LogP contribution >= 0.6 is 11.8 Å². The fourth-order valence-corrected chi connectivity index (χ4v) is 2.85. The van der Waals surface area contributed by atoms with Crippen molar-refractivity contribution in [3.8, 4) is 17.1 Å². The number of nitrogens with one attached hydrogen (secondary N) is 2. The predicted octanol–water partition coefficient (Wildman–Crippen LogP) is 3.74. The lowest BCUT2D eigenvalue weighted by Crippen LogP contribution is -2.15. The number of nitrogens with zero attached hydrogens (tertiary/aromatic N) is 2. The van der Waals surface area contributed by atoms with Crippen LogP contribution in [0, 0.1) is 5.82 Å². The number of hydrogen-bond donors (Lipinski definition) is 2. The number of halogens is 1. The molecule has 8 heteroatoms. The number of anilines is 1. The minimum atomic E-state index is -0.384. The molecule has 2 aromatic carbocycles. The highest BCUT2D eigenvalue weighted by atomic mass is 32.2. The van der Waals surface area contributed by atoms with Gasteiger partial charge in [-0.2, -0.15) is 0 Å². The fraction of sp³-hybridized carbons (Fsp3) is 0.167. The summed E-state index contributed by atoms with van der Waals surface area (Å²) in [6.45, 7) is 2.39. The quantitative estimate of drug-likeness (QED) is 0.618. The first-order valence-corrected chi connectivity index (χ1v) is 8.97. The van der Waals surface area contributed by atoms with Gasteiger partial charge in [0.25, 0.3) is 0 Å². The first kappa shape index (κ1) is 17.9. The van der Waals surface area contributed by atoms with E-state index in [1.807, 2.05) is 19.1 Å². The summed E-state index contributed by atoms with van der Waals surface area (Å²) >= 11 is 1.16. The maximum absolute atomic E-state index is 13.8. The number of thioether (sulfide) groups is 1. The highest BCUT2D eigenvalue weighted by Gasteiger charge is 2.12. The summed E-state index contributed by atoms with van der Waals surface area (Å²) in [5, 5.41) is 9.88. The summed E-state index contributed by atoms with van der Waals surface area (Å²) in [4.78, 5) is 16.4. The number of para-hydroxylation sites is 2. The average Bonchev–Trinajstić information content (AvgIpc) is 3.11. The molecule has 0 radical (unpaired) electrons. The third kappa shape index (κ3) is 4.40. The number of carbonyl (C=O) groups is 1. The van der Waals surface area contributed by atoms with Gasteiger partial charge in [-0.3, -0.25) is 9.89 Å². The number of aromatic nitrogens is 3. The minimum Gasteiger partial charge on any atom is -0.492 e. The van der Waals surface area contributed by atoms with Crippen LogP contribution in [0.25, 0.3) is 11.4 Å². The van der Waals surface area contributed by atoms with E-state index in [9.17, 15) is 9.18 Å². The predicted molar refractivity (Wildman–Crippen MR) is 98.7 cm³/mol. The molecule has 0 bridgehead atoms. The fourth-order valence-electron chi connectivity index (χ4n) is 2.25. The highest BCUT2D eigenvalue weighted by molar-refractivity contribution is 7.99. The van der Waals surface area contributed by atoms with Gasteiger partial charge in [0, 0.05) is 0 Å². The number of benzene rings is 2. The molecule has 26 heavy (non-hydrogen) atoms. The number of carbonyl (C=O) groups excluding carboxylic acids is 1. The maximum atomic E-state index is 13.8. The van der Waals surface area contributed by atoms with Crippen molar-refractivity contribution in [1.29, 1.82) is 0 Å². The van der Waals surface area contributed by atoms with Crippen molar-refractivity contribution in [3.05, 3.63) is 54.3 Å². The van der Waals surface area contributed by atoms with Gasteiger partial charge in [-0.25, -0.2) is 9.37 Å². The maximum Gasteiger partial charge on any atom is 0.234 e.